The highest BCUT2D eigenvalue weighted by Crippen LogP contribution is 2.28. The highest BCUT2D eigenvalue weighted by Gasteiger charge is 2.24. The molecule has 1 atom stereocenters. The molecular weight excluding hydrogens is 384 g/mol. The van der Waals surface area contributed by atoms with E-state index in [0.717, 1.165) is 35.8 Å². The van der Waals surface area contributed by atoms with Crippen molar-refractivity contribution in [1.82, 2.24) is 5.32 Å². The number of carbonyl (C=O) groups excluding carboxylic acids is 1. The fourth-order valence-corrected chi connectivity index (χ4v) is 4.65. The van der Waals surface area contributed by atoms with Crippen molar-refractivity contribution < 1.29 is 13.2 Å². The second kappa shape index (κ2) is 9.92. The molecule has 0 aromatic heterocycles. The highest BCUT2D eigenvalue weighted by atomic mass is 32.2. The summed E-state index contributed by atoms with van der Waals surface area (Å²) in [5.41, 5.74) is 4.57. The Morgan fingerprint density at radius 1 is 1.07 bits per heavy atom. The Morgan fingerprint density at radius 2 is 1.66 bits per heavy atom. The number of amides is 1. The summed E-state index contributed by atoms with van der Waals surface area (Å²) in [6.45, 7) is 8.12. The molecule has 0 saturated carbocycles. The molecule has 0 aliphatic rings. The Bertz CT molecular complexity index is 917. The molecule has 29 heavy (non-hydrogen) atoms. The first-order valence-electron chi connectivity index (χ1n) is 9.98. The number of anilines is 1. The summed E-state index contributed by atoms with van der Waals surface area (Å²) >= 11 is 0. The van der Waals surface area contributed by atoms with Crippen LogP contribution >= 0.6 is 0 Å². The van der Waals surface area contributed by atoms with E-state index in [0.29, 0.717) is 18.2 Å². The van der Waals surface area contributed by atoms with Gasteiger partial charge >= 0.3 is 0 Å². The average molecular weight is 417 g/mol. The maximum Gasteiger partial charge on any atom is 0.240 e. The number of hydrogen-bond donors (Lipinski definition) is 1. The Labute approximate surface area is 175 Å². The lowest BCUT2D eigenvalue weighted by Crippen LogP contribution is -2.42. The van der Waals surface area contributed by atoms with Gasteiger partial charge in [-0.25, -0.2) is 8.42 Å². The molecule has 2 aromatic carbocycles. The summed E-state index contributed by atoms with van der Waals surface area (Å²) in [6.07, 6.45) is 2.95. The van der Waals surface area contributed by atoms with Gasteiger partial charge in [0.05, 0.1) is 11.9 Å². The molecule has 2 rings (SSSR count). The molecule has 0 bridgehead atoms. The third-order valence-corrected chi connectivity index (χ3v) is 6.22. The van der Waals surface area contributed by atoms with E-state index < -0.39 is 10.0 Å². The van der Waals surface area contributed by atoms with Gasteiger partial charge in [-0.2, -0.15) is 0 Å². The summed E-state index contributed by atoms with van der Waals surface area (Å²) in [4.78, 5) is 12.6. The van der Waals surface area contributed by atoms with Gasteiger partial charge in [0.15, 0.2) is 0 Å². The zero-order valence-electron chi connectivity index (χ0n) is 18.0. The van der Waals surface area contributed by atoms with Crippen LogP contribution in [0.5, 0.6) is 0 Å². The van der Waals surface area contributed by atoms with Crippen LogP contribution in [0, 0.1) is 26.7 Å². The molecule has 158 valence electrons. The predicted octanol–water partition coefficient (Wildman–Crippen LogP) is 3.76. The van der Waals surface area contributed by atoms with Gasteiger partial charge < -0.3 is 5.32 Å². The second-order valence-corrected chi connectivity index (χ2v) is 9.69. The van der Waals surface area contributed by atoms with Gasteiger partial charge in [0, 0.05) is 6.54 Å². The minimum atomic E-state index is -3.59. The largest absolute Gasteiger partial charge is 0.354 e. The van der Waals surface area contributed by atoms with E-state index in [-0.39, 0.29) is 12.5 Å². The number of aryl methyl sites for hydroxylation is 3. The van der Waals surface area contributed by atoms with E-state index in [1.165, 1.54) is 9.87 Å². The Kier molecular flexibility index (Phi) is 7.85. The SMILES string of the molecule is CCC(CNC(=O)CN(c1c(C)cc(C)cc1C)S(C)(=O)=O)Cc1ccccc1. The van der Waals surface area contributed by atoms with E-state index in [9.17, 15) is 13.2 Å². The molecule has 0 aliphatic heterocycles. The quantitative estimate of drug-likeness (QED) is 0.677. The van der Waals surface area contributed by atoms with Gasteiger partial charge in [-0.1, -0.05) is 61.4 Å². The molecule has 6 heteroatoms. The van der Waals surface area contributed by atoms with Crippen molar-refractivity contribution in [3.63, 3.8) is 0 Å². The number of nitrogens with one attached hydrogen (secondary N) is 1. The molecular formula is C23H32N2O3S. The highest BCUT2D eigenvalue weighted by molar-refractivity contribution is 7.92. The van der Waals surface area contributed by atoms with E-state index >= 15 is 0 Å². The van der Waals surface area contributed by atoms with Crippen LogP contribution in [0.25, 0.3) is 0 Å². The molecule has 1 unspecified atom stereocenters. The van der Waals surface area contributed by atoms with Crippen molar-refractivity contribution in [1.29, 1.82) is 0 Å². The van der Waals surface area contributed by atoms with Crippen molar-refractivity contribution in [2.45, 2.75) is 40.5 Å². The summed E-state index contributed by atoms with van der Waals surface area (Å²) in [5, 5.41) is 2.93. The fourth-order valence-electron chi connectivity index (χ4n) is 3.68. The smallest absolute Gasteiger partial charge is 0.240 e. The zero-order valence-corrected chi connectivity index (χ0v) is 18.8. The van der Waals surface area contributed by atoms with E-state index in [1.807, 2.05) is 51.1 Å². The van der Waals surface area contributed by atoms with Gasteiger partial charge in [-0.05, 0) is 49.8 Å². The molecule has 1 N–H and O–H groups in total. The van der Waals surface area contributed by atoms with Crippen molar-refractivity contribution >= 4 is 21.6 Å². The Hall–Kier alpha value is -2.34. The molecule has 0 aliphatic carbocycles. The Balaban J connectivity index is 2.09. The molecule has 1 amide bonds. The average Bonchev–Trinajstić information content (AvgIpc) is 2.63. The number of rotatable bonds is 9. The summed E-state index contributed by atoms with van der Waals surface area (Å²) in [6, 6.07) is 14.0. The van der Waals surface area contributed by atoms with Gasteiger partial charge in [0.25, 0.3) is 0 Å². The van der Waals surface area contributed by atoms with Gasteiger partial charge in [-0.15, -0.1) is 0 Å². The van der Waals surface area contributed by atoms with Crippen LogP contribution in [0.3, 0.4) is 0 Å². The van der Waals surface area contributed by atoms with Crippen LogP contribution in [0.2, 0.25) is 0 Å². The lowest BCUT2D eigenvalue weighted by Gasteiger charge is -2.26. The molecule has 0 saturated heterocycles. The van der Waals surface area contributed by atoms with Crippen LogP contribution in [0.1, 0.15) is 35.6 Å². The lowest BCUT2D eigenvalue weighted by atomic mass is 9.97. The summed E-state index contributed by atoms with van der Waals surface area (Å²) in [7, 11) is -3.59. The van der Waals surface area contributed by atoms with E-state index in [1.54, 1.807) is 0 Å². The van der Waals surface area contributed by atoms with E-state index in [4.69, 9.17) is 0 Å². The standard InChI is InChI=1S/C23H32N2O3S/c1-6-20(14-21-10-8-7-9-11-21)15-24-22(26)16-25(29(5,27)28)23-18(3)12-17(2)13-19(23)4/h7-13,20H,6,14-16H2,1-5H3,(H,24,26). The van der Waals surface area contributed by atoms with Crippen LogP contribution in [-0.4, -0.2) is 33.7 Å². The van der Waals surface area contributed by atoms with Crippen molar-refractivity contribution in [3.8, 4) is 0 Å². The molecule has 0 heterocycles. The maximum atomic E-state index is 12.6. The number of sulfonamides is 1. The minimum Gasteiger partial charge on any atom is -0.354 e. The normalized spacial score (nSPS) is 12.4. The van der Waals surface area contributed by atoms with Crippen LogP contribution in [0.4, 0.5) is 5.69 Å². The lowest BCUT2D eigenvalue weighted by molar-refractivity contribution is -0.119. The monoisotopic (exact) mass is 416 g/mol. The first-order valence-corrected chi connectivity index (χ1v) is 11.8. The third kappa shape index (κ3) is 6.60. The first-order chi connectivity index (χ1) is 13.6. The number of carbonyl (C=O) groups is 1. The zero-order chi connectivity index (χ0) is 21.6. The molecule has 0 spiro atoms. The van der Waals surface area contributed by atoms with Gasteiger partial charge in [0.2, 0.25) is 15.9 Å². The van der Waals surface area contributed by atoms with Crippen molar-refractivity contribution in [2.75, 3.05) is 23.7 Å². The van der Waals surface area contributed by atoms with E-state index in [2.05, 4.69) is 24.4 Å². The number of benzene rings is 2. The van der Waals surface area contributed by atoms with Crippen LogP contribution in [0.15, 0.2) is 42.5 Å². The summed E-state index contributed by atoms with van der Waals surface area (Å²) in [5.74, 6) is 0.0113. The second-order valence-electron chi connectivity index (χ2n) is 7.79. The molecule has 5 nitrogen and oxygen atoms in total. The Morgan fingerprint density at radius 3 is 2.17 bits per heavy atom. The molecule has 0 fully saturated rings. The topological polar surface area (TPSA) is 66.5 Å². The van der Waals surface area contributed by atoms with Gasteiger partial charge in [-0.3, -0.25) is 9.10 Å². The maximum absolute atomic E-state index is 12.6. The first kappa shape index (κ1) is 22.9. The van der Waals surface area contributed by atoms with Crippen LogP contribution in [-0.2, 0) is 21.2 Å². The van der Waals surface area contributed by atoms with Crippen LogP contribution < -0.4 is 9.62 Å². The van der Waals surface area contributed by atoms with Gasteiger partial charge in [0.1, 0.15) is 6.54 Å². The third-order valence-electron chi connectivity index (χ3n) is 5.10. The minimum absolute atomic E-state index is 0.217. The predicted molar refractivity (Wildman–Crippen MR) is 120 cm³/mol. The van der Waals surface area contributed by atoms with Crippen molar-refractivity contribution in [2.24, 2.45) is 5.92 Å². The molecule has 0 radical (unpaired) electrons. The number of nitrogens with zero attached hydrogens (tertiary/aromatic N) is 1. The summed E-state index contributed by atoms with van der Waals surface area (Å²) < 4.78 is 26.1. The molecule has 2 aromatic rings. The number of hydrogen-bond acceptors (Lipinski definition) is 3. The fraction of sp³-hybridized carbons (Fsp3) is 0.435. The van der Waals surface area contributed by atoms with Crippen molar-refractivity contribution in [3.05, 3.63) is 64.7 Å².